The second-order valence-corrected chi connectivity index (χ2v) is 8.51. The van der Waals surface area contributed by atoms with E-state index >= 15 is 0 Å². The van der Waals surface area contributed by atoms with Crippen LogP contribution in [0.25, 0.3) is 11.0 Å². The first-order chi connectivity index (χ1) is 14.6. The van der Waals surface area contributed by atoms with Crippen LogP contribution in [-0.4, -0.2) is 42.2 Å². The second kappa shape index (κ2) is 9.50. The third-order valence-electron chi connectivity index (χ3n) is 5.74. The van der Waals surface area contributed by atoms with Gasteiger partial charge in [-0.15, -0.1) is 0 Å². The topological polar surface area (TPSA) is 74.3 Å². The van der Waals surface area contributed by atoms with E-state index < -0.39 is 0 Å². The molecule has 0 aliphatic heterocycles. The Hall–Kier alpha value is -2.56. The van der Waals surface area contributed by atoms with E-state index in [1.54, 1.807) is 12.3 Å². The Morgan fingerprint density at radius 1 is 1.27 bits per heavy atom. The van der Waals surface area contributed by atoms with Gasteiger partial charge in [-0.1, -0.05) is 18.2 Å². The van der Waals surface area contributed by atoms with Crippen molar-refractivity contribution in [3.63, 3.8) is 0 Å². The standard InChI is InChI=1S/C23H25BrN4O2/c1-28(11-12-29-18-5-3-2-4-6-18)17-9-7-16(8-10-17)27-23-22(24)20-13-19(14-25)30-21(20)15-26-23/h2-6,13,15-17H,7-12H2,1H3,(H,26,27). The van der Waals surface area contributed by atoms with E-state index in [2.05, 4.69) is 38.2 Å². The number of nitrogens with one attached hydrogen (secondary N) is 1. The summed E-state index contributed by atoms with van der Waals surface area (Å²) < 4.78 is 12.1. The number of furan rings is 1. The fourth-order valence-corrected chi connectivity index (χ4v) is 4.52. The molecule has 2 heterocycles. The van der Waals surface area contributed by atoms with Crippen molar-refractivity contribution in [3.8, 4) is 11.8 Å². The number of para-hydroxylation sites is 1. The molecule has 1 fully saturated rings. The monoisotopic (exact) mass is 468 g/mol. The zero-order chi connectivity index (χ0) is 20.9. The number of hydrogen-bond acceptors (Lipinski definition) is 6. The van der Waals surface area contributed by atoms with Gasteiger partial charge in [0.15, 0.2) is 5.58 Å². The molecule has 3 aromatic rings. The van der Waals surface area contributed by atoms with Crippen LogP contribution in [0.5, 0.6) is 5.75 Å². The Bertz CT molecular complexity index is 1020. The maximum Gasteiger partial charge on any atom is 0.204 e. The molecule has 7 heteroatoms. The molecule has 0 bridgehead atoms. The summed E-state index contributed by atoms with van der Waals surface area (Å²) in [5.74, 6) is 2.03. The van der Waals surface area contributed by atoms with Crippen LogP contribution < -0.4 is 10.1 Å². The van der Waals surface area contributed by atoms with Crippen molar-refractivity contribution in [1.82, 2.24) is 9.88 Å². The van der Waals surface area contributed by atoms with Crippen LogP contribution in [0.1, 0.15) is 31.4 Å². The van der Waals surface area contributed by atoms with Crippen molar-refractivity contribution in [2.75, 3.05) is 25.5 Å². The molecule has 0 radical (unpaired) electrons. The van der Waals surface area contributed by atoms with E-state index in [4.69, 9.17) is 14.4 Å². The molecular weight excluding hydrogens is 444 g/mol. The number of nitriles is 1. The average molecular weight is 469 g/mol. The highest BCUT2D eigenvalue weighted by atomic mass is 79.9. The number of hydrogen-bond donors (Lipinski definition) is 1. The van der Waals surface area contributed by atoms with E-state index in [1.807, 2.05) is 36.4 Å². The lowest BCUT2D eigenvalue weighted by molar-refractivity contribution is 0.156. The Balaban J connectivity index is 1.27. The lowest BCUT2D eigenvalue weighted by atomic mass is 9.90. The summed E-state index contributed by atoms with van der Waals surface area (Å²) in [5.41, 5.74) is 0.618. The molecule has 1 saturated carbocycles. The Labute approximate surface area is 185 Å². The SMILES string of the molecule is CN(CCOc1ccccc1)C1CCC(Nc2ncc3oc(C#N)cc3c2Br)CC1. The fraction of sp³-hybridized carbons (Fsp3) is 0.391. The van der Waals surface area contributed by atoms with Crippen molar-refractivity contribution < 1.29 is 9.15 Å². The number of likely N-dealkylation sites (N-methyl/N-ethyl adjacent to an activating group) is 1. The van der Waals surface area contributed by atoms with Crippen LogP contribution in [0.2, 0.25) is 0 Å². The first-order valence-corrected chi connectivity index (χ1v) is 11.1. The first kappa shape index (κ1) is 20.7. The normalized spacial score (nSPS) is 19.0. The molecule has 0 unspecified atom stereocenters. The summed E-state index contributed by atoms with van der Waals surface area (Å²) in [6, 6.07) is 14.7. The number of pyridine rings is 1. The number of ether oxygens (including phenoxy) is 1. The Kier molecular flexibility index (Phi) is 6.56. The number of aromatic nitrogens is 1. The molecule has 0 atom stereocenters. The van der Waals surface area contributed by atoms with Gasteiger partial charge in [0, 0.05) is 30.1 Å². The number of benzene rings is 1. The smallest absolute Gasteiger partial charge is 0.204 e. The molecule has 156 valence electrons. The van der Waals surface area contributed by atoms with Crippen LogP contribution in [0.3, 0.4) is 0 Å². The van der Waals surface area contributed by atoms with Crippen LogP contribution in [0, 0.1) is 11.3 Å². The highest BCUT2D eigenvalue weighted by Crippen LogP contribution is 2.33. The van der Waals surface area contributed by atoms with Gasteiger partial charge in [0.25, 0.3) is 0 Å². The van der Waals surface area contributed by atoms with Crippen LogP contribution in [0.15, 0.2) is 51.5 Å². The van der Waals surface area contributed by atoms with E-state index in [0.29, 0.717) is 30.0 Å². The minimum Gasteiger partial charge on any atom is -0.492 e. The molecule has 0 spiro atoms. The molecule has 0 saturated heterocycles. The highest BCUT2D eigenvalue weighted by molar-refractivity contribution is 9.10. The molecule has 1 N–H and O–H groups in total. The molecule has 1 aliphatic carbocycles. The van der Waals surface area contributed by atoms with Crippen molar-refractivity contribution in [3.05, 3.63) is 52.8 Å². The average Bonchev–Trinajstić information content (AvgIpc) is 3.21. The lowest BCUT2D eigenvalue weighted by Gasteiger charge is -2.35. The molecule has 1 aromatic carbocycles. The van der Waals surface area contributed by atoms with E-state index in [-0.39, 0.29) is 0 Å². The number of rotatable bonds is 7. The summed E-state index contributed by atoms with van der Waals surface area (Å²) in [5, 5.41) is 13.5. The van der Waals surface area contributed by atoms with E-state index in [1.165, 1.54) is 0 Å². The van der Waals surface area contributed by atoms with Gasteiger partial charge in [0.2, 0.25) is 5.76 Å². The number of nitrogens with zero attached hydrogens (tertiary/aromatic N) is 3. The minimum atomic E-state index is 0.296. The largest absolute Gasteiger partial charge is 0.492 e. The molecule has 4 rings (SSSR count). The number of halogens is 1. The quantitative estimate of drug-likeness (QED) is 0.513. The Morgan fingerprint density at radius 2 is 2.03 bits per heavy atom. The summed E-state index contributed by atoms with van der Waals surface area (Å²) in [7, 11) is 2.19. The fourth-order valence-electron chi connectivity index (χ4n) is 4.00. The van der Waals surface area contributed by atoms with Gasteiger partial charge < -0.3 is 19.4 Å². The summed E-state index contributed by atoms with van der Waals surface area (Å²) >= 11 is 3.62. The van der Waals surface area contributed by atoms with Crippen LogP contribution in [-0.2, 0) is 0 Å². The van der Waals surface area contributed by atoms with Gasteiger partial charge in [-0.25, -0.2) is 4.98 Å². The van der Waals surface area contributed by atoms with E-state index in [0.717, 1.165) is 53.7 Å². The van der Waals surface area contributed by atoms with Gasteiger partial charge >= 0.3 is 0 Å². The molecule has 0 amide bonds. The predicted octanol–water partition coefficient (Wildman–Crippen LogP) is 5.20. The van der Waals surface area contributed by atoms with Crippen molar-refractivity contribution >= 4 is 32.7 Å². The third-order valence-corrected chi connectivity index (χ3v) is 6.55. The molecule has 30 heavy (non-hydrogen) atoms. The molecular formula is C23H25BrN4O2. The van der Waals surface area contributed by atoms with Gasteiger partial charge in [-0.05, 0) is 60.8 Å². The van der Waals surface area contributed by atoms with Crippen molar-refractivity contribution in [2.45, 2.75) is 37.8 Å². The van der Waals surface area contributed by atoms with E-state index in [9.17, 15) is 0 Å². The molecule has 2 aromatic heterocycles. The van der Waals surface area contributed by atoms with Crippen molar-refractivity contribution in [2.24, 2.45) is 0 Å². The van der Waals surface area contributed by atoms with Gasteiger partial charge in [-0.2, -0.15) is 5.26 Å². The first-order valence-electron chi connectivity index (χ1n) is 10.3. The highest BCUT2D eigenvalue weighted by Gasteiger charge is 2.25. The zero-order valence-electron chi connectivity index (χ0n) is 17.0. The third kappa shape index (κ3) is 4.77. The second-order valence-electron chi connectivity index (χ2n) is 7.71. The maximum absolute atomic E-state index is 9.03. The summed E-state index contributed by atoms with van der Waals surface area (Å²) in [4.78, 5) is 6.89. The summed E-state index contributed by atoms with van der Waals surface area (Å²) in [6.07, 6.45) is 6.15. The van der Waals surface area contributed by atoms with Gasteiger partial charge in [0.1, 0.15) is 24.2 Å². The lowest BCUT2D eigenvalue weighted by Crippen LogP contribution is -2.40. The zero-order valence-corrected chi connectivity index (χ0v) is 18.6. The number of fused-ring (bicyclic) bond motifs is 1. The minimum absolute atomic E-state index is 0.296. The van der Waals surface area contributed by atoms with Crippen LogP contribution in [0.4, 0.5) is 5.82 Å². The summed E-state index contributed by atoms with van der Waals surface area (Å²) in [6.45, 7) is 1.62. The van der Waals surface area contributed by atoms with Crippen LogP contribution >= 0.6 is 15.9 Å². The predicted molar refractivity (Wildman–Crippen MR) is 121 cm³/mol. The van der Waals surface area contributed by atoms with Gasteiger partial charge in [-0.3, -0.25) is 0 Å². The number of anilines is 1. The maximum atomic E-state index is 9.03. The Morgan fingerprint density at radius 3 is 2.77 bits per heavy atom. The molecule has 6 nitrogen and oxygen atoms in total. The van der Waals surface area contributed by atoms with Crippen molar-refractivity contribution in [1.29, 1.82) is 5.26 Å². The van der Waals surface area contributed by atoms with Gasteiger partial charge in [0.05, 0.1) is 10.7 Å². The molecule has 1 aliphatic rings.